The number of imidazole rings is 1. The summed E-state index contributed by atoms with van der Waals surface area (Å²) < 4.78 is 32.0. The van der Waals surface area contributed by atoms with Crippen molar-refractivity contribution in [2.24, 2.45) is 5.92 Å². The van der Waals surface area contributed by atoms with Gasteiger partial charge in [0.15, 0.2) is 5.65 Å². The molecular formula is C24H19F2N5. The number of anilines is 1. The number of alkyl halides is 2. The van der Waals surface area contributed by atoms with E-state index in [4.69, 9.17) is 0 Å². The van der Waals surface area contributed by atoms with Crippen molar-refractivity contribution in [1.82, 2.24) is 14.6 Å². The molecule has 1 aliphatic heterocycles. The second kappa shape index (κ2) is 7.17. The van der Waals surface area contributed by atoms with Crippen LogP contribution in [0.4, 0.5) is 14.6 Å². The van der Waals surface area contributed by atoms with Gasteiger partial charge in [-0.1, -0.05) is 49.4 Å². The molecule has 5 nitrogen and oxygen atoms in total. The van der Waals surface area contributed by atoms with Crippen molar-refractivity contribution < 1.29 is 8.78 Å². The highest BCUT2D eigenvalue weighted by atomic mass is 19.3. The van der Waals surface area contributed by atoms with E-state index in [0.717, 1.165) is 5.56 Å². The fraction of sp³-hybridized carbons (Fsp3) is 0.208. The molecule has 1 aliphatic rings. The Morgan fingerprint density at radius 2 is 1.87 bits per heavy atom. The molecule has 5 rings (SSSR count). The zero-order valence-electron chi connectivity index (χ0n) is 16.8. The highest BCUT2D eigenvalue weighted by Gasteiger charge is 2.55. The van der Waals surface area contributed by atoms with Crippen LogP contribution in [-0.2, 0) is 0 Å². The molecule has 1 fully saturated rings. The third-order valence-electron chi connectivity index (χ3n) is 5.85. The van der Waals surface area contributed by atoms with Gasteiger partial charge in [0, 0.05) is 18.0 Å². The van der Waals surface area contributed by atoms with E-state index in [0.29, 0.717) is 28.3 Å². The summed E-state index contributed by atoms with van der Waals surface area (Å²) in [6.07, 6.45) is 1.68. The summed E-state index contributed by atoms with van der Waals surface area (Å²) in [4.78, 5) is 6.07. The molecular weight excluding hydrogens is 396 g/mol. The Kier molecular flexibility index (Phi) is 4.44. The Hall–Kier alpha value is -3.79. The van der Waals surface area contributed by atoms with Crippen LogP contribution in [0.3, 0.4) is 0 Å². The number of rotatable bonds is 3. The summed E-state index contributed by atoms with van der Waals surface area (Å²) in [5.74, 6) is -3.25. The number of fused-ring (bicyclic) bond motifs is 1. The molecule has 0 aliphatic carbocycles. The maximum absolute atomic E-state index is 15.2. The first-order valence-corrected chi connectivity index (χ1v) is 10.0. The number of nitriles is 1. The topological polar surface area (TPSA) is 57.2 Å². The molecule has 4 aromatic rings. The second-order valence-electron chi connectivity index (χ2n) is 7.84. The Balaban J connectivity index is 1.62. The molecule has 2 aromatic heterocycles. The number of benzene rings is 2. The monoisotopic (exact) mass is 415 g/mol. The summed E-state index contributed by atoms with van der Waals surface area (Å²) >= 11 is 0. The van der Waals surface area contributed by atoms with Gasteiger partial charge in [-0.05, 0) is 29.8 Å². The van der Waals surface area contributed by atoms with E-state index in [-0.39, 0.29) is 6.54 Å². The second-order valence-corrected chi connectivity index (χ2v) is 7.84. The minimum atomic E-state index is -2.89. The largest absolute Gasteiger partial charge is 0.342 e. The van der Waals surface area contributed by atoms with Gasteiger partial charge in [0.25, 0.3) is 5.92 Å². The molecule has 0 spiro atoms. The first-order valence-electron chi connectivity index (χ1n) is 10.0. The molecule has 0 saturated carbocycles. The van der Waals surface area contributed by atoms with E-state index in [1.165, 1.54) is 0 Å². The first kappa shape index (κ1) is 19.2. The van der Waals surface area contributed by atoms with E-state index in [2.05, 4.69) is 16.2 Å². The van der Waals surface area contributed by atoms with Crippen molar-refractivity contribution in [2.45, 2.75) is 18.9 Å². The van der Waals surface area contributed by atoms with Crippen molar-refractivity contribution in [1.29, 1.82) is 5.26 Å². The van der Waals surface area contributed by atoms with Crippen LogP contribution in [0, 0.1) is 17.2 Å². The minimum Gasteiger partial charge on any atom is -0.342 e. The van der Waals surface area contributed by atoms with Crippen LogP contribution in [0.2, 0.25) is 0 Å². The lowest BCUT2D eigenvalue weighted by atomic mass is 9.96. The molecule has 2 aromatic carbocycles. The van der Waals surface area contributed by atoms with Gasteiger partial charge in [0.05, 0.1) is 23.5 Å². The zero-order valence-corrected chi connectivity index (χ0v) is 16.8. The van der Waals surface area contributed by atoms with Crippen LogP contribution >= 0.6 is 0 Å². The van der Waals surface area contributed by atoms with Crippen LogP contribution in [0.15, 0.2) is 72.9 Å². The van der Waals surface area contributed by atoms with Crippen LogP contribution < -0.4 is 4.90 Å². The van der Waals surface area contributed by atoms with E-state index in [1.54, 1.807) is 77.1 Å². The summed E-state index contributed by atoms with van der Waals surface area (Å²) in [6.45, 7) is 1.77. The van der Waals surface area contributed by atoms with Crippen molar-refractivity contribution in [3.05, 3.63) is 84.1 Å². The zero-order chi connectivity index (χ0) is 21.6. The number of aromatic nitrogens is 3. The third-order valence-corrected chi connectivity index (χ3v) is 5.85. The average Bonchev–Trinajstić information content (AvgIpc) is 3.32. The van der Waals surface area contributed by atoms with Gasteiger partial charge >= 0.3 is 0 Å². The molecule has 1 saturated heterocycles. The van der Waals surface area contributed by atoms with Crippen molar-refractivity contribution in [3.8, 4) is 17.3 Å². The highest BCUT2D eigenvalue weighted by molar-refractivity contribution is 5.65. The van der Waals surface area contributed by atoms with Crippen LogP contribution in [0.5, 0.6) is 0 Å². The smallest absolute Gasteiger partial charge is 0.276 e. The minimum absolute atomic E-state index is 0.193. The van der Waals surface area contributed by atoms with E-state index in [9.17, 15) is 5.26 Å². The molecule has 2 unspecified atom stereocenters. The molecule has 31 heavy (non-hydrogen) atoms. The predicted octanol–water partition coefficient (Wildman–Crippen LogP) is 5.10. The number of nitrogens with zero attached hydrogens (tertiary/aromatic N) is 5. The fourth-order valence-corrected chi connectivity index (χ4v) is 4.22. The van der Waals surface area contributed by atoms with Gasteiger partial charge in [-0.15, -0.1) is 5.10 Å². The standard InChI is InChI=1S/C24H19F2N5/c1-16-15-30(23(24(16,25)26)18-7-3-2-4-8-18)22-11-10-21-28-14-20(31(21)29-22)19-9-5-6-17(12-19)13-27/h2-12,14,16,23H,15H2,1H3. The summed E-state index contributed by atoms with van der Waals surface area (Å²) in [5.41, 5.74) is 3.18. The van der Waals surface area contributed by atoms with Gasteiger partial charge in [0.2, 0.25) is 0 Å². The molecule has 0 radical (unpaired) electrons. The average molecular weight is 415 g/mol. The van der Waals surface area contributed by atoms with E-state index < -0.39 is 17.9 Å². The Labute approximate surface area is 178 Å². The Bertz CT molecular complexity index is 1290. The molecule has 2 atom stereocenters. The lowest BCUT2D eigenvalue weighted by Gasteiger charge is -2.29. The van der Waals surface area contributed by atoms with Gasteiger partial charge in [-0.25, -0.2) is 18.3 Å². The van der Waals surface area contributed by atoms with Crippen LogP contribution in [0.1, 0.15) is 24.1 Å². The van der Waals surface area contributed by atoms with E-state index >= 15 is 8.78 Å². The van der Waals surface area contributed by atoms with Gasteiger partial charge in [-0.2, -0.15) is 5.26 Å². The normalized spacial score (nSPS) is 20.1. The third kappa shape index (κ3) is 3.12. The number of hydrogen-bond acceptors (Lipinski definition) is 4. The quantitative estimate of drug-likeness (QED) is 0.467. The van der Waals surface area contributed by atoms with Crippen molar-refractivity contribution in [2.75, 3.05) is 11.4 Å². The molecule has 0 bridgehead atoms. The number of halogens is 2. The first-order chi connectivity index (χ1) is 15.0. The van der Waals surface area contributed by atoms with Crippen LogP contribution in [0.25, 0.3) is 16.9 Å². The molecule has 3 heterocycles. The molecule has 0 N–H and O–H groups in total. The van der Waals surface area contributed by atoms with Gasteiger partial charge < -0.3 is 4.90 Å². The SMILES string of the molecule is CC1CN(c2ccc3ncc(-c4cccc(C#N)c4)n3n2)C(c2ccccc2)C1(F)F. The van der Waals surface area contributed by atoms with Gasteiger partial charge in [0.1, 0.15) is 11.9 Å². The van der Waals surface area contributed by atoms with E-state index in [1.807, 2.05) is 12.1 Å². The lowest BCUT2D eigenvalue weighted by Crippen LogP contribution is -2.32. The Morgan fingerprint density at radius 1 is 1.06 bits per heavy atom. The summed E-state index contributed by atoms with van der Waals surface area (Å²) in [5, 5.41) is 13.9. The molecule has 154 valence electrons. The molecule has 0 amide bonds. The Morgan fingerprint density at radius 3 is 2.65 bits per heavy atom. The molecule has 7 heteroatoms. The maximum atomic E-state index is 15.2. The van der Waals surface area contributed by atoms with Crippen molar-refractivity contribution >= 4 is 11.5 Å². The van der Waals surface area contributed by atoms with Crippen molar-refractivity contribution in [3.63, 3.8) is 0 Å². The van der Waals surface area contributed by atoms with Gasteiger partial charge in [-0.3, -0.25) is 0 Å². The summed E-state index contributed by atoms with van der Waals surface area (Å²) in [7, 11) is 0. The lowest BCUT2D eigenvalue weighted by molar-refractivity contribution is -0.0437. The highest BCUT2D eigenvalue weighted by Crippen LogP contribution is 2.49. The number of hydrogen-bond donors (Lipinski definition) is 0. The van der Waals surface area contributed by atoms with Crippen LogP contribution in [-0.4, -0.2) is 27.1 Å². The maximum Gasteiger partial charge on any atom is 0.276 e. The summed E-state index contributed by atoms with van der Waals surface area (Å²) in [6, 6.07) is 20.6. The predicted molar refractivity (Wildman–Crippen MR) is 114 cm³/mol. The fourth-order valence-electron chi connectivity index (χ4n) is 4.22.